The van der Waals surface area contributed by atoms with Gasteiger partial charge in [0.25, 0.3) is 0 Å². The van der Waals surface area contributed by atoms with Crippen LogP contribution in [0.3, 0.4) is 0 Å². The molecule has 1 aliphatic rings. The van der Waals surface area contributed by atoms with Gasteiger partial charge < -0.3 is 15.3 Å². The van der Waals surface area contributed by atoms with Gasteiger partial charge in [-0.3, -0.25) is 4.79 Å². The van der Waals surface area contributed by atoms with Crippen molar-refractivity contribution >= 4 is 5.97 Å². The van der Waals surface area contributed by atoms with Crippen LogP contribution in [0.25, 0.3) is 0 Å². The third-order valence-electron chi connectivity index (χ3n) is 4.46. The summed E-state index contributed by atoms with van der Waals surface area (Å²) < 4.78 is 0. The Morgan fingerprint density at radius 2 is 1.95 bits per heavy atom. The Balaban J connectivity index is 2.65. The summed E-state index contributed by atoms with van der Waals surface area (Å²) in [7, 11) is 0. The van der Waals surface area contributed by atoms with E-state index in [9.17, 15) is 9.90 Å². The van der Waals surface area contributed by atoms with E-state index in [0.717, 1.165) is 26.1 Å². The maximum absolute atomic E-state index is 11.6. The smallest absolute Gasteiger partial charge is 0.323 e. The van der Waals surface area contributed by atoms with E-state index in [2.05, 4.69) is 37.9 Å². The number of rotatable bonds is 7. The Morgan fingerprint density at radius 3 is 2.40 bits per heavy atom. The first kappa shape index (κ1) is 17.4. The molecule has 0 spiro atoms. The van der Waals surface area contributed by atoms with Crippen LogP contribution in [0.5, 0.6) is 0 Å². The van der Waals surface area contributed by atoms with E-state index in [1.165, 1.54) is 6.42 Å². The summed E-state index contributed by atoms with van der Waals surface area (Å²) in [5.41, 5.74) is -0.820. The minimum atomic E-state index is -0.820. The highest BCUT2D eigenvalue weighted by atomic mass is 16.4. The number of nitrogens with zero attached hydrogens (tertiary/aromatic N) is 1. The minimum Gasteiger partial charge on any atom is -0.480 e. The van der Waals surface area contributed by atoms with Crippen molar-refractivity contribution in [2.75, 3.05) is 19.6 Å². The summed E-state index contributed by atoms with van der Waals surface area (Å²) in [6, 6.07) is 0.297. The summed E-state index contributed by atoms with van der Waals surface area (Å²) >= 11 is 0. The van der Waals surface area contributed by atoms with Crippen molar-refractivity contribution in [3.05, 3.63) is 0 Å². The molecule has 1 heterocycles. The van der Waals surface area contributed by atoms with Gasteiger partial charge in [-0.05, 0) is 51.5 Å². The molecule has 0 saturated carbocycles. The Hall–Kier alpha value is -0.610. The van der Waals surface area contributed by atoms with Crippen molar-refractivity contribution in [1.29, 1.82) is 0 Å². The van der Waals surface area contributed by atoms with E-state index in [4.69, 9.17) is 0 Å². The van der Waals surface area contributed by atoms with E-state index >= 15 is 0 Å². The van der Waals surface area contributed by atoms with Crippen LogP contribution < -0.4 is 5.32 Å². The molecule has 20 heavy (non-hydrogen) atoms. The van der Waals surface area contributed by atoms with E-state index < -0.39 is 11.5 Å². The molecule has 2 N–H and O–H groups in total. The molecule has 0 aromatic heterocycles. The lowest BCUT2D eigenvalue weighted by atomic mass is 9.87. The topological polar surface area (TPSA) is 52.6 Å². The molecular weight excluding hydrogens is 252 g/mol. The monoisotopic (exact) mass is 284 g/mol. The van der Waals surface area contributed by atoms with Crippen LogP contribution >= 0.6 is 0 Å². The standard InChI is InChI=1S/C16H32N2O2/c1-6-7-17-16(5,15(19)20)9-14(4)18-10-12(2)8-13(3)11-18/h12-14,17H,6-11H2,1-5H3,(H,19,20). The van der Waals surface area contributed by atoms with Gasteiger partial charge in [-0.1, -0.05) is 20.8 Å². The summed E-state index contributed by atoms with van der Waals surface area (Å²) in [6.07, 6.45) is 2.89. The summed E-state index contributed by atoms with van der Waals surface area (Å²) in [6.45, 7) is 13.6. The van der Waals surface area contributed by atoms with Crippen molar-refractivity contribution < 1.29 is 9.90 Å². The van der Waals surface area contributed by atoms with Gasteiger partial charge in [0.05, 0.1) is 0 Å². The zero-order valence-electron chi connectivity index (χ0n) is 13.8. The number of carboxylic acids is 1. The maximum atomic E-state index is 11.6. The summed E-state index contributed by atoms with van der Waals surface area (Å²) in [5, 5.41) is 12.7. The predicted molar refractivity (Wildman–Crippen MR) is 82.9 cm³/mol. The molecule has 0 radical (unpaired) electrons. The van der Waals surface area contributed by atoms with Crippen LogP contribution in [0.1, 0.15) is 53.9 Å². The number of piperidine rings is 1. The molecule has 4 unspecified atom stereocenters. The molecule has 0 aromatic rings. The van der Waals surface area contributed by atoms with Crippen LogP contribution in [0.2, 0.25) is 0 Å². The summed E-state index contributed by atoms with van der Waals surface area (Å²) in [5.74, 6) is 0.678. The minimum absolute atomic E-state index is 0.297. The Labute approximate surface area is 123 Å². The van der Waals surface area contributed by atoms with Gasteiger partial charge in [0, 0.05) is 19.1 Å². The van der Waals surface area contributed by atoms with Crippen molar-refractivity contribution in [2.45, 2.75) is 65.5 Å². The first-order valence-electron chi connectivity index (χ1n) is 8.01. The summed E-state index contributed by atoms with van der Waals surface area (Å²) in [4.78, 5) is 14.1. The van der Waals surface area contributed by atoms with Gasteiger partial charge in [0.15, 0.2) is 0 Å². The molecule has 4 nitrogen and oxygen atoms in total. The lowest BCUT2D eigenvalue weighted by Crippen LogP contribution is -2.55. The molecule has 0 aromatic carbocycles. The largest absolute Gasteiger partial charge is 0.480 e. The predicted octanol–water partition coefficient (Wildman–Crippen LogP) is 2.59. The number of aliphatic carboxylic acids is 1. The zero-order valence-corrected chi connectivity index (χ0v) is 13.8. The third-order valence-corrected chi connectivity index (χ3v) is 4.46. The second-order valence-corrected chi connectivity index (χ2v) is 7.02. The first-order valence-corrected chi connectivity index (χ1v) is 8.01. The van der Waals surface area contributed by atoms with Crippen LogP contribution in [0, 0.1) is 11.8 Å². The second kappa shape index (κ2) is 7.41. The Kier molecular flexibility index (Phi) is 6.46. The molecule has 4 heteroatoms. The fourth-order valence-electron chi connectivity index (χ4n) is 3.43. The van der Waals surface area contributed by atoms with Gasteiger partial charge in [-0.25, -0.2) is 0 Å². The number of hydrogen-bond donors (Lipinski definition) is 2. The van der Waals surface area contributed by atoms with Gasteiger partial charge in [-0.15, -0.1) is 0 Å². The van der Waals surface area contributed by atoms with Gasteiger partial charge >= 0.3 is 5.97 Å². The molecule has 1 saturated heterocycles. The van der Waals surface area contributed by atoms with Gasteiger partial charge in [0.1, 0.15) is 5.54 Å². The molecule has 118 valence electrons. The zero-order chi connectivity index (χ0) is 15.3. The maximum Gasteiger partial charge on any atom is 0.323 e. The van der Waals surface area contributed by atoms with Crippen LogP contribution in [-0.2, 0) is 4.79 Å². The van der Waals surface area contributed by atoms with Crippen molar-refractivity contribution in [2.24, 2.45) is 11.8 Å². The third kappa shape index (κ3) is 4.74. The highest BCUT2D eigenvalue weighted by Gasteiger charge is 2.36. The van der Waals surface area contributed by atoms with Crippen molar-refractivity contribution in [3.63, 3.8) is 0 Å². The van der Waals surface area contributed by atoms with Crippen LogP contribution in [0.15, 0.2) is 0 Å². The number of hydrogen-bond acceptors (Lipinski definition) is 3. The average molecular weight is 284 g/mol. The molecule has 4 atom stereocenters. The highest BCUT2D eigenvalue weighted by Crippen LogP contribution is 2.25. The number of carbonyl (C=O) groups is 1. The Bertz CT molecular complexity index is 312. The SMILES string of the molecule is CCCNC(C)(CC(C)N1CC(C)CC(C)C1)C(=O)O. The second-order valence-electron chi connectivity index (χ2n) is 7.02. The van der Waals surface area contributed by atoms with E-state index in [1.807, 2.05) is 6.92 Å². The lowest BCUT2D eigenvalue weighted by Gasteiger charge is -2.41. The fourth-order valence-corrected chi connectivity index (χ4v) is 3.43. The molecule has 0 amide bonds. The molecule has 0 bridgehead atoms. The highest BCUT2D eigenvalue weighted by molar-refractivity contribution is 5.78. The van der Waals surface area contributed by atoms with E-state index in [0.29, 0.717) is 24.3 Å². The van der Waals surface area contributed by atoms with Gasteiger partial charge in [-0.2, -0.15) is 0 Å². The molecule has 1 rings (SSSR count). The van der Waals surface area contributed by atoms with Crippen molar-refractivity contribution in [3.8, 4) is 0 Å². The van der Waals surface area contributed by atoms with E-state index in [1.54, 1.807) is 0 Å². The number of nitrogens with one attached hydrogen (secondary N) is 1. The normalized spacial score (nSPS) is 28.9. The van der Waals surface area contributed by atoms with Crippen LogP contribution in [-0.4, -0.2) is 47.2 Å². The Morgan fingerprint density at radius 1 is 1.40 bits per heavy atom. The van der Waals surface area contributed by atoms with Gasteiger partial charge in [0.2, 0.25) is 0 Å². The number of likely N-dealkylation sites (tertiary alicyclic amines) is 1. The molecule has 1 fully saturated rings. The first-order chi connectivity index (χ1) is 9.28. The number of carboxylic acid groups (broad SMARTS) is 1. The molecule has 0 aliphatic carbocycles. The fraction of sp³-hybridized carbons (Fsp3) is 0.938. The lowest BCUT2D eigenvalue weighted by molar-refractivity contribution is -0.145. The molecule has 1 aliphatic heterocycles. The van der Waals surface area contributed by atoms with E-state index in [-0.39, 0.29) is 0 Å². The van der Waals surface area contributed by atoms with Crippen LogP contribution in [0.4, 0.5) is 0 Å². The quantitative estimate of drug-likeness (QED) is 0.754. The van der Waals surface area contributed by atoms with Crippen molar-refractivity contribution in [1.82, 2.24) is 10.2 Å². The molecular formula is C16H32N2O2. The average Bonchev–Trinajstić information content (AvgIpc) is 2.35.